The third-order valence-corrected chi connectivity index (χ3v) is 3.23. The Bertz CT molecular complexity index is 550. The van der Waals surface area contributed by atoms with Gasteiger partial charge in [0.1, 0.15) is 0 Å². The van der Waals surface area contributed by atoms with Gasteiger partial charge in [-0.2, -0.15) is 0 Å². The van der Waals surface area contributed by atoms with Gasteiger partial charge in [-0.05, 0) is 17.7 Å². The lowest BCUT2D eigenvalue weighted by molar-refractivity contribution is 0.239. The first-order valence-corrected chi connectivity index (χ1v) is 6.07. The van der Waals surface area contributed by atoms with Crippen molar-refractivity contribution in [2.24, 2.45) is 11.5 Å². The maximum atomic E-state index is 11.3. The maximum Gasteiger partial charge on any atom is 0.313 e. The topological polar surface area (TPSA) is 107 Å². The lowest BCUT2D eigenvalue weighted by atomic mass is 9.80. The zero-order chi connectivity index (χ0) is 13.9. The van der Waals surface area contributed by atoms with E-state index in [0.29, 0.717) is 18.7 Å². The summed E-state index contributed by atoms with van der Waals surface area (Å²) in [6.07, 6.45) is 6.33. The molecule has 1 aromatic carbocycles. The van der Waals surface area contributed by atoms with Crippen LogP contribution in [-0.2, 0) is 5.54 Å². The second kappa shape index (κ2) is 5.16. The average Bonchev–Trinajstić information content (AvgIpc) is 2.38. The number of primary amides is 1. The summed E-state index contributed by atoms with van der Waals surface area (Å²) in [5.41, 5.74) is 18.7. The molecule has 1 atom stereocenters. The maximum absolute atomic E-state index is 11.3. The number of nitrogen functional groups attached to an aromatic ring is 1. The lowest BCUT2D eigenvalue weighted by Gasteiger charge is -2.34. The van der Waals surface area contributed by atoms with Gasteiger partial charge in [-0.15, -0.1) is 0 Å². The van der Waals surface area contributed by atoms with Gasteiger partial charge < -0.3 is 22.5 Å². The fourth-order valence-electron chi connectivity index (χ4n) is 2.36. The first kappa shape index (κ1) is 13.2. The molecule has 19 heavy (non-hydrogen) atoms. The Kier molecular flexibility index (Phi) is 3.57. The highest BCUT2D eigenvalue weighted by molar-refractivity contribution is 5.74. The fraction of sp³-hybridized carbons (Fsp3) is 0.214. The van der Waals surface area contributed by atoms with E-state index in [2.05, 4.69) is 5.32 Å². The molecular weight excluding hydrogens is 240 g/mol. The van der Waals surface area contributed by atoms with Crippen LogP contribution in [-0.4, -0.2) is 12.6 Å². The van der Waals surface area contributed by atoms with Gasteiger partial charge in [0.25, 0.3) is 0 Å². The predicted molar refractivity (Wildman–Crippen MR) is 76.1 cm³/mol. The summed E-state index contributed by atoms with van der Waals surface area (Å²) < 4.78 is 0. The molecule has 7 N–H and O–H groups in total. The summed E-state index contributed by atoms with van der Waals surface area (Å²) >= 11 is 0. The molecule has 0 spiro atoms. The summed E-state index contributed by atoms with van der Waals surface area (Å²) in [6, 6.07) is 6.82. The Balaban J connectivity index is 2.44. The number of nitrogens with one attached hydrogen (secondary N) is 1. The summed E-state index contributed by atoms with van der Waals surface area (Å²) in [4.78, 5) is 11.3. The number of benzene rings is 1. The molecule has 0 radical (unpaired) electrons. The first-order valence-electron chi connectivity index (χ1n) is 6.07. The van der Waals surface area contributed by atoms with Crippen molar-refractivity contribution in [3.63, 3.8) is 0 Å². The molecule has 2 rings (SSSR count). The molecule has 1 aliphatic carbocycles. The van der Waals surface area contributed by atoms with Crippen molar-refractivity contribution in [1.29, 1.82) is 0 Å². The minimum Gasteiger partial charge on any atom is -0.399 e. The van der Waals surface area contributed by atoms with Crippen molar-refractivity contribution in [2.45, 2.75) is 12.0 Å². The van der Waals surface area contributed by atoms with E-state index in [1.54, 1.807) is 6.07 Å². The Hall–Kier alpha value is -2.27. The summed E-state index contributed by atoms with van der Waals surface area (Å²) in [6.45, 7) is 0.439. The van der Waals surface area contributed by atoms with Crippen molar-refractivity contribution in [3.8, 4) is 0 Å². The molecule has 5 heteroatoms. The number of urea groups is 1. The van der Waals surface area contributed by atoms with Crippen LogP contribution in [0.1, 0.15) is 12.0 Å². The molecule has 1 aliphatic rings. The molecule has 0 heterocycles. The van der Waals surface area contributed by atoms with E-state index in [9.17, 15) is 4.79 Å². The molecule has 2 amide bonds. The Labute approximate surface area is 112 Å². The van der Waals surface area contributed by atoms with Crippen LogP contribution in [0.3, 0.4) is 0 Å². The zero-order valence-corrected chi connectivity index (χ0v) is 10.6. The van der Waals surface area contributed by atoms with E-state index in [4.69, 9.17) is 17.2 Å². The van der Waals surface area contributed by atoms with E-state index in [1.165, 1.54) is 0 Å². The van der Waals surface area contributed by atoms with Gasteiger partial charge in [-0.25, -0.2) is 4.79 Å². The lowest BCUT2D eigenvalue weighted by Crippen LogP contribution is -2.48. The molecule has 1 aromatic rings. The Morgan fingerprint density at radius 2 is 2.21 bits per heavy atom. The number of amides is 2. The highest BCUT2D eigenvalue weighted by Crippen LogP contribution is 2.33. The SMILES string of the molecule is NCC1=CC=CC(NC(N)=O)(c2cccc(N)c2)C1. The third-order valence-electron chi connectivity index (χ3n) is 3.23. The van der Waals surface area contributed by atoms with Crippen LogP contribution < -0.4 is 22.5 Å². The van der Waals surface area contributed by atoms with Crippen LogP contribution in [0.2, 0.25) is 0 Å². The number of nitrogens with two attached hydrogens (primary N) is 3. The predicted octanol–water partition coefficient (Wildman–Crippen LogP) is 0.977. The molecule has 0 saturated carbocycles. The second-order valence-corrected chi connectivity index (χ2v) is 4.65. The van der Waals surface area contributed by atoms with Crippen molar-refractivity contribution < 1.29 is 4.79 Å². The molecule has 0 fully saturated rings. The van der Waals surface area contributed by atoms with Crippen molar-refractivity contribution in [3.05, 3.63) is 53.6 Å². The summed E-state index contributed by atoms with van der Waals surface area (Å²) in [5.74, 6) is 0. The van der Waals surface area contributed by atoms with E-state index < -0.39 is 11.6 Å². The summed E-state index contributed by atoms with van der Waals surface area (Å²) in [7, 11) is 0. The van der Waals surface area contributed by atoms with Gasteiger partial charge in [0.15, 0.2) is 0 Å². The van der Waals surface area contributed by atoms with Gasteiger partial charge in [-0.3, -0.25) is 0 Å². The fourth-order valence-corrected chi connectivity index (χ4v) is 2.36. The number of hydrogen-bond acceptors (Lipinski definition) is 3. The highest BCUT2D eigenvalue weighted by atomic mass is 16.2. The van der Waals surface area contributed by atoms with Gasteiger partial charge in [0.2, 0.25) is 0 Å². The molecular formula is C14H18N4O. The minimum absolute atomic E-state index is 0.439. The van der Waals surface area contributed by atoms with Crippen LogP contribution in [0.5, 0.6) is 0 Å². The molecule has 0 saturated heterocycles. The number of hydrogen-bond donors (Lipinski definition) is 4. The number of anilines is 1. The molecule has 0 bridgehead atoms. The molecule has 5 nitrogen and oxygen atoms in total. The monoisotopic (exact) mass is 258 g/mol. The van der Waals surface area contributed by atoms with Crippen LogP contribution in [0.15, 0.2) is 48.1 Å². The van der Waals surface area contributed by atoms with Crippen molar-refractivity contribution in [2.75, 3.05) is 12.3 Å². The Morgan fingerprint density at radius 1 is 1.42 bits per heavy atom. The standard InChI is InChI=1S/C14H18N4O/c15-9-10-3-2-6-14(8-10,18-13(17)19)11-4-1-5-12(16)7-11/h1-7H,8-9,15-16H2,(H3,17,18,19). The van der Waals surface area contributed by atoms with Gasteiger partial charge in [0.05, 0.1) is 5.54 Å². The normalized spacial score (nSPS) is 21.8. The van der Waals surface area contributed by atoms with E-state index in [-0.39, 0.29) is 0 Å². The van der Waals surface area contributed by atoms with E-state index >= 15 is 0 Å². The van der Waals surface area contributed by atoms with Crippen LogP contribution in [0.25, 0.3) is 0 Å². The van der Waals surface area contributed by atoms with E-state index in [0.717, 1.165) is 11.1 Å². The zero-order valence-electron chi connectivity index (χ0n) is 10.6. The largest absolute Gasteiger partial charge is 0.399 e. The Morgan fingerprint density at radius 3 is 2.84 bits per heavy atom. The summed E-state index contributed by atoms with van der Waals surface area (Å²) in [5, 5.41) is 2.80. The number of allylic oxidation sites excluding steroid dienone is 2. The van der Waals surface area contributed by atoms with Gasteiger partial charge in [-0.1, -0.05) is 35.9 Å². The van der Waals surface area contributed by atoms with Crippen LogP contribution in [0, 0.1) is 0 Å². The minimum atomic E-state index is -0.676. The smallest absolute Gasteiger partial charge is 0.313 e. The third kappa shape index (κ3) is 2.77. The number of carbonyl (C=O) groups excluding carboxylic acids is 1. The molecule has 0 aliphatic heterocycles. The van der Waals surface area contributed by atoms with Crippen molar-refractivity contribution in [1.82, 2.24) is 5.32 Å². The van der Waals surface area contributed by atoms with Gasteiger partial charge >= 0.3 is 6.03 Å². The number of carbonyl (C=O) groups is 1. The van der Waals surface area contributed by atoms with Crippen LogP contribution >= 0.6 is 0 Å². The molecule has 0 aromatic heterocycles. The average molecular weight is 258 g/mol. The number of rotatable bonds is 3. The quantitative estimate of drug-likeness (QED) is 0.607. The highest BCUT2D eigenvalue weighted by Gasteiger charge is 2.33. The van der Waals surface area contributed by atoms with Crippen LogP contribution in [0.4, 0.5) is 10.5 Å². The first-order chi connectivity index (χ1) is 9.05. The molecule has 1 unspecified atom stereocenters. The van der Waals surface area contributed by atoms with E-state index in [1.807, 2.05) is 36.4 Å². The molecule has 100 valence electrons. The van der Waals surface area contributed by atoms with Crippen molar-refractivity contribution >= 4 is 11.7 Å². The second-order valence-electron chi connectivity index (χ2n) is 4.65. The van der Waals surface area contributed by atoms with Gasteiger partial charge in [0, 0.05) is 18.7 Å².